The number of aromatic nitrogens is 2. The highest BCUT2D eigenvalue weighted by atomic mass is 16.6. The number of hydrogen-bond acceptors (Lipinski definition) is 4. The summed E-state index contributed by atoms with van der Waals surface area (Å²) in [6, 6.07) is 4.84. The Hall–Kier alpha value is -2.15. The van der Waals surface area contributed by atoms with Gasteiger partial charge in [0.15, 0.2) is 0 Å². The minimum Gasteiger partial charge on any atom is -0.306 e. The van der Waals surface area contributed by atoms with Crippen molar-refractivity contribution in [3.8, 4) is 0 Å². The summed E-state index contributed by atoms with van der Waals surface area (Å²) in [6.07, 6.45) is 0. The van der Waals surface area contributed by atoms with Crippen LogP contribution in [0.1, 0.15) is 0 Å². The summed E-state index contributed by atoms with van der Waals surface area (Å²) in [7, 11) is 5.91. The molecule has 102 valence electrons. The lowest BCUT2D eigenvalue weighted by Gasteiger charge is -2.06. The standard InChI is InChI=1S/C12H17N5O2/c1-15(2)7-6-13-12-10-5-4-9(17(18)19)8-11(10)14-16(12)3/h4-5,8H,6-7H2,1-3H3,(H,13,14)/p+1. The number of nitro benzene ring substituents is 1. The van der Waals surface area contributed by atoms with Crippen molar-refractivity contribution in [3.05, 3.63) is 28.3 Å². The lowest BCUT2D eigenvalue weighted by atomic mass is 10.2. The number of aryl methyl sites for hydroxylation is 1. The van der Waals surface area contributed by atoms with E-state index in [4.69, 9.17) is 0 Å². The van der Waals surface area contributed by atoms with E-state index in [1.165, 1.54) is 6.07 Å². The molecular weight excluding hydrogens is 246 g/mol. The van der Waals surface area contributed by atoms with E-state index < -0.39 is 0 Å². The van der Waals surface area contributed by atoms with E-state index in [1.807, 2.05) is 25.8 Å². The van der Waals surface area contributed by atoms with Gasteiger partial charge in [-0.15, -0.1) is 0 Å². The van der Waals surface area contributed by atoms with Gasteiger partial charge < -0.3 is 4.90 Å². The first-order valence-corrected chi connectivity index (χ1v) is 6.04. The maximum Gasteiger partial charge on any atom is 0.302 e. The van der Waals surface area contributed by atoms with Crippen LogP contribution < -0.4 is 10.00 Å². The number of aromatic amines is 1. The molecule has 19 heavy (non-hydrogen) atoms. The quantitative estimate of drug-likeness (QED) is 0.477. The normalized spacial score (nSPS) is 11.2. The van der Waals surface area contributed by atoms with Crippen LogP contribution in [0.15, 0.2) is 18.2 Å². The van der Waals surface area contributed by atoms with E-state index in [2.05, 4.69) is 15.3 Å². The Morgan fingerprint density at radius 1 is 1.47 bits per heavy atom. The van der Waals surface area contributed by atoms with Crippen molar-refractivity contribution in [1.29, 1.82) is 0 Å². The van der Waals surface area contributed by atoms with Gasteiger partial charge in [-0.2, -0.15) is 4.68 Å². The average Bonchev–Trinajstić information content (AvgIpc) is 2.64. The number of benzene rings is 1. The average molecular weight is 264 g/mol. The Balaban J connectivity index is 2.29. The van der Waals surface area contributed by atoms with Crippen molar-refractivity contribution in [2.45, 2.75) is 0 Å². The molecule has 0 fully saturated rings. The Kier molecular flexibility index (Phi) is 3.66. The fraction of sp³-hybridized carbons (Fsp3) is 0.417. The summed E-state index contributed by atoms with van der Waals surface area (Å²) in [5.74, 6) is 0.937. The minimum absolute atomic E-state index is 0.0918. The Morgan fingerprint density at radius 2 is 2.21 bits per heavy atom. The molecule has 7 heteroatoms. The first kappa shape index (κ1) is 13.3. The molecule has 2 aromatic rings. The molecule has 2 rings (SSSR count). The van der Waals surface area contributed by atoms with Gasteiger partial charge >= 0.3 is 5.82 Å². The van der Waals surface area contributed by atoms with E-state index in [1.54, 1.807) is 12.1 Å². The van der Waals surface area contributed by atoms with E-state index >= 15 is 0 Å². The van der Waals surface area contributed by atoms with Crippen molar-refractivity contribution >= 4 is 22.4 Å². The number of nitro groups is 1. The summed E-state index contributed by atoms with van der Waals surface area (Å²) in [4.78, 5) is 12.4. The lowest BCUT2D eigenvalue weighted by molar-refractivity contribution is -0.711. The van der Waals surface area contributed by atoms with Gasteiger partial charge in [-0.25, -0.2) is 5.10 Å². The number of H-pyrrole nitrogens is 1. The van der Waals surface area contributed by atoms with Crippen molar-refractivity contribution in [1.82, 2.24) is 10.00 Å². The molecule has 1 heterocycles. The molecule has 0 saturated carbocycles. The molecule has 1 aromatic heterocycles. The highest BCUT2D eigenvalue weighted by molar-refractivity contribution is 5.89. The molecule has 0 radical (unpaired) electrons. The molecule has 0 spiro atoms. The van der Waals surface area contributed by atoms with Gasteiger partial charge in [-0.1, -0.05) is 0 Å². The zero-order valence-corrected chi connectivity index (χ0v) is 11.3. The Labute approximate surface area is 111 Å². The molecule has 0 bridgehead atoms. The molecule has 0 aliphatic carbocycles. The number of fused-ring (bicyclic) bond motifs is 1. The van der Waals surface area contributed by atoms with E-state index in [9.17, 15) is 10.1 Å². The third-order valence-corrected chi connectivity index (χ3v) is 2.94. The minimum atomic E-state index is -0.389. The van der Waals surface area contributed by atoms with Crippen molar-refractivity contribution < 1.29 is 9.61 Å². The summed E-state index contributed by atoms with van der Waals surface area (Å²) in [5.41, 5.74) is 0.846. The second kappa shape index (κ2) is 5.23. The van der Waals surface area contributed by atoms with Gasteiger partial charge in [-0.05, 0) is 20.2 Å². The third-order valence-electron chi connectivity index (χ3n) is 2.94. The topological polar surface area (TPSA) is 78.1 Å². The second-order valence-corrected chi connectivity index (χ2v) is 4.74. The third kappa shape index (κ3) is 2.82. The lowest BCUT2D eigenvalue weighted by Crippen LogP contribution is -2.34. The number of non-ortho nitro benzene ring substituents is 1. The van der Waals surface area contributed by atoms with Crippen LogP contribution in [0.25, 0.3) is 10.9 Å². The van der Waals surface area contributed by atoms with Crippen molar-refractivity contribution in [2.24, 2.45) is 7.05 Å². The van der Waals surface area contributed by atoms with Crippen LogP contribution >= 0.6 is 0 Å². The SMILES string of the molecule is CN(C)CCNc1c2ccc([N+](=O)[O-])cc2[nH][n+]1C. The van der Waals surface area contributed by atoms with Gasteiger partial charge in [0.2, 0.25) is 0 Å². The van der Waals surface area contributed by atoms with Crippen molar-refractivity contribution in [2.75, 3.05) is 32.5 Å². The van der Waals surface area contributed by atoms with Gasteiger partial charge in [0.05, 0.1) is 22.4 Å². The second-order valence-electron chi connectivity index (χ2n) is 4.74. The van der Waals surface area contributed by atoms with E-state index in [0.717, 1.165) is 29.8 Å². The number of nitrogens with one attached hydrogen (secondary N) is 2. The first-order valence-electron chi connectivity index (χ1n) is 6.04. The van der Waals surface area contributed by atoms with Gasteiger partial charge in [0.25, 0.3) is 5.69 Å². The molecule has 7 nitrogen and oxygen atoms in total. The van der Waals surface area contributed by atoms with Crippen LogP contribution in [0.2, 0.25) is 0 Å². The maximum absolute atomic E-state index is 10.7. The molecule has 0 saturated heterocycles. The zero-order chi connectivity index (χ0) is 14.0. The predicted octanol–water partition coefficient (Wildman–Crippen LogP) is 0.874. The van der Waals surface area contributed by atoms with Crippen LogP contribution in [0.4, 0.5) is 11.5 Å². The molecule has 0 aliphatic heterocycles. The van der Waals surface area contributed by atoms with Gasteiger partial charge in [0, 0.05) is 18.7 Å². The molecule has 1 aromatic carbocycles. The smallest absolute Gasteiger partial charge is 0.302 e. The number of rotatable bonds is 5. The summed E-state index contributed by atoms with van der Waals surface area (Å²) in [6.45, 7) is 1.73. The number of nitrogens with zero attached hydrogens (tertiary/aromatic N) is 3. The molecule has 0 unspecified atom stereocenters. The van der Waals surface area contributed by atoms with Crippen LogP contribution in [0, 0.1) is 10.1 Å². The Morgan fingerprint density at radius 3 is 2.84 bits per heavy atom. The van der Waals surface area contributed by atoms with Crippen LogP contribution in [-0.2, 0) is 7.05 Å². The summed E-state index contributed by atoms with van der Waals surface area (Å²) in [5, 5.41) is 18.1. The van der Waals surface area contributed by atoms with Gasteiger partial charge in [-0.3, -0.25) is 15.4 Å². The fourth-order valence-electron chi connectivity index (χ4n) is 1.97. The molecule has 0 aliphatic rings. The highest BCUT2D eigenvalue weighted by Gasteiger charge is 2.17. The molecule has 0 amide bonds. The molecular formula is C12H18N5O2+. The Bertz CT molecular complexity index is 605. The van der Waals surface area contributed by atoms with Gasteiger partial charge in [0.1, 0.15) is 7.05 Å². The largest absolute Gasteiger partial charge is 0.306 e. The predicted molar refractivity (Wildman–Crippen MR) is 73.2 cm³/mol. The molecule has 0 atom stereocenters. The zero-order valence-electron chi connectivity index (χ0n) is 11.3. The first-order chi connectivity index (χ1) is 8.99. The number of likely N-dealkylation sites (N-methyl/N-ethyl adjacent to an activating group) is 1. The molecule has 2 N–H and O–H groups in total. The maximum atomic E-state index is 10.7. The van der Waals surface area contributed by atoms with Crippen LogP contribution in [0.5, 0.6) is 0 Å². The van der Waals surface area contributed by atoms with E-state index in [0.29, 0.717) is 0 Å². The van der Waals surface area contributed by atoms with Crippen LogP contribution in [0.3, 0.4) is 0 Å². The van der Waals surface area contributed by atoms with Crippen molar-refractivity contribution in [3.63, 3.8) is 0 Å². The van der Waals surface area contributed by atoms with E-state index in [-0.39, 0.29) is 10.6 Å². The summed E-state index contributed by atoms with van der Waals surface area (Å²) < 4.78 is 1.84. The van der Waals surface area contributed by atoms with Crippen LogP contribution in [-0.4, -0.2) is 42.1 Å². The fourth-order valence-corrected chi connectivity index (χ4v) is 1.97. The number of hydrogen-bond donors (Lipinski definition) is 2. The monoisotopic (exact) mass is 264 g/mol. The highest BCUT2D eigenvalue weighted by Crippen LogP contribution is 2.23. The summed E-state index contributed by atoms with van der Waals surface area (Å²) >= 11 is 0. The number of anilines is 1.